The number of aryl methyl sites for hydroxylation is 1. The van der Waals surface area contributed by atoms with Gasteiger partial charge < -0.3 is 4.74 Å². The Balaban J connectivity index is 1.92. The molecule has 1 aromatic heterocycles. The highest BCUT2D eigenvalue weighted by molar-refractivity contribution is 7.89. The van der Waals surface area contributed by atoms with Gasteiger partial charge in [0.1, 0.15) is 0 Å². The van der Waals surface area contributed by atoms with E-state index in [1.165, 1.54) is 5.69 Å². The second-order valence-electron chi connectivity index (χ2n) is 6.77. The summed E-state index contributed by atoms with van der Waals surface area (Å²) in [6, 6.07) is -0.111. The zero-order chi connectivity index (χ0) is 17.2. The van der Waals surface area contributed by atoms with E-state index in [1.807, 2.05) is 6.92 Å². The SMILES string of the molecule is CCCCS(=O)(=O)N1CCCC1c1nn(CCC)c2c1COCC2. The quantitative estimate of drug-likeness (QED) is 0.754. The molecule has 0 bridgehead atoms. The molecule has 1 unspecified atom stereocenters. The lowest BCUT2D eigenvalue weighted by Crippen LogP contribution is -2.33. The Morgan fingerprint density at radius 2 is 2.12 bits per heavy atom. The largest absolute Gasteiger partial charge is 0.376 e. The summed E-state index contributed by atoms with van der Waals surface area (Å²) < 4.78 is 34.9. The molecule has 136 valence electrons. The van der Waals surface area contributed by atoms with Crippen LogP contribution in [0.3, 0.4) is 0 Å². The molecule has 0 aromatic carbocycles. The Morgan fingerprint density at radius 1 is 1.29 bits per heavy atom. The first-order chi connectivity index (χ1) is 11.6. The minimum absolute atomic E-state index is 0.111. The molecule has 2 aliphatic heterocycles. The van der Waals surface area contributed by atoms with Crippen LogP contribution in [-0.4, -0.2) is 41.4 Å². The van der Waals surface area contributed by atoms with Crippen molar-refractivity contribution in [1.82, 2.24) is 14.1 Å². The van der Waals surface area contributed by atoms with Gasteiger partial charge in [0.05, 0.1) is 30.7 Å². The van der Waals surface area contributed by atoms with Crippen molar-refractivity contribution in [3.63, 3.8) is 0 Å². The number of unbranched alkanes of at least 4 members (excludes halogenated alkanes) is 1. The van der Waals surface area contributed by atoms with E-state index < -0.39 is 10.0 Å². The Labute approximate surface area is 145 Å². The van der Waals surface area contributed by atoms with Crippen molar-refractivity contribution in [2.45, 2.75) is 71.6 Å². The molecule has 0 N–H and O–H groups in total. The standard InChI is InChI=1S/C17H29N3O3S/c1-3-5-12-24(21,22)20-10-6-7-16(20)17-14-13-23-11-8-15(14)19(18-17)9-4-2/h16H,3-13H2,1-2H3. The van der Waals surface area contributed by atoms with E-state index in [0.717, 1.165) is 62.9 Å². The molecule has 3 rings (SSSR count). The number of fused-ring (bicyclic) bond motifs is 1. The van der Waals surface area contributed by atoms with E-state index in [4.69, 9.17) is 9.84 Å². The minimum Gasteiger partial charge on any atom is -0.376 e. The molecule has 24 heavy (non-hydrogen) atoms. The van der Waals surface area contributed by atoms with E-state index in [0.29, 0.717) is 13.2 Å². The summed E-state index contributed by atoms with van der Waals surface area (Å²) in [4.78, 5) is 0. The summed E-state index contributed by atoms with van der Waals surface area (Å²) in [5, 5.41) is 4.84. The fourth-order valence-electron chi connectivity index (χ4n) is 3.79. The first-order valence-electron chi connectivity index (χ1n) is 9.24. The molecule has 0 saturated carbocycles. The maximum atomic E-state index is 12.7. The summed E-state index contributed by atoms with van der Waals surface area (Å²) in [6.45, 7) is 6.96. The van der Waals surface area contributed by atoms with Crippen molar-refractivity contribution in [1.29, 1.82) is 0 Å². The van der Waals surface area contributed by atoms with Crippen LogP contribution < -0.4 is 0 Å². The molecule has 1 atom stereocenters. The van der Waals surface area contributed by atoms with Crippen LogP contribution >= 0.6 is 0 Å². The normalized spacial score (nSPS) is 22.0. The first-order valence-corrected chi connectivity index (χ1v) is 10.8. The van der Waals surface area contributed by atoms with Crippen LogP contribution in [0.15, 0.2) is 0 Å². The van der Waals surface area contributed by atoms with Crippen molar-refractivity contribution in [3.05, 3.63) is 17.0 Å². The average Bonchev–Trinajstić information content (AvgIpc) is 3.19. The molecule has 7 heteroatoms. The van der Waals surface area contributed by atoms with E-state index in [9.17, 15) is 8.42 Å². The molecule has 1 fully saturated rings. The Bertz CT molecular complexity index is 669. The van der Waals surface area contributed by atoms with Crippen molar-refractivity contribution >= 4 is 10.0 Å². The third-order valence-corrected chi connectivity index (χ3v) is 6.95. The lowest BCUT2D eigenvalue weighted by atomic mass is 10.0. The van der Waals surface area contributed by atoms with Crippen LogP contribution in [0, 0.1) is 0 Å². The Hall–Kier alpha value is -0.920. The number of hydrogen-bond donors (Lipinski definition) is 0. The number of aromatic nitrogens is 2. The minimum atomic E-state index is -3.21. The molecular weight excluding hydrogens is 326 g/mol. The van der Waals surface area contributed by atoms with Crippen LogP contribution in [0.4, 0.5) is 0 Å². The Kier molecular flexibility index (Phi) is 5.62. The van der Waals surface area contributed by atoms with Gasteiger partial charge in [-0.25, -0.2) is 8.42 Å². The summed E-state index contributed by atoms with van der Waals surface area (Å²) in [6.07, 6.45) is 5.28. The summed E-state index contributed by atoms with van der Waals surface area (Å²) in [7, 11) is -3.21. The third-order valence-electron chi connectivity index (χ3n) is 5.00. The summed E-state index contributed by atoms with van der Waals surface area (Å²) in [5.74, 6) is 0.244. The maximum Gasteiger partial charge on any atom is 0.214 e. The van der Waals surface area contributed by atoms with Gasteiger partial charge in [-0.1, -0.05) is 20.3 Å². The molecule has 0 amide bonds. The number of ether oxygens (including phenoxy) is 1. The predicted octanol–water partition coefficient (Wildman–Crippen LogP) is 2.63. The highest BCUT2D eigenvalue weighted by Crippen LogP contribution is 2.37. The zero-order valence-electron chi connectivity index (χ0n) is 14.8. The van der Waals surface area contributed by atoms with E-state index in [2.05, 4.69) is 11.6 Å². The van der Waals surface area contributed by atoms with Crippen molar-refractivity contribution in [2.24, 2.45) is 0 Å². The van der Waals surface area contributed by atoms with E-state index >= 15 is 0 Å². The van der Waals surface area contributed by atoms with Crippen LogP contribution in [0.2, 0.25) is 0 Å². The predicted molar refractivity (Wildman–Crippen MR) is 93.3 cm³/mol. The second kappa shape index (κ2) is 7.54. The number of rotatable bonds is 7. The fourth-order valence-corrected chi connectivity index (χ4v) is 5.68. The summed E-state index contributed by atoms with van der Waals surface area (Å²) >= 11 is 0. The van der Waals surface area contributed by atoms with Gasteiger partial charge in [0, 0.05) is 30.8 Å². The lowest BCUT2D eigenvalue weighted by Gasteiger charge is -2.24. The van der Waals surface area contributed by atoms with E-state index in [-0.39, 0.29) is 11.8 Å². The smallest absolute Gasteiger partial charge is 0.214 e. The van der Waals surface area contributed by atoms with Crippen LogP contribution in [0.5, 0.6) is 0 Å². The van der Waals surface area contributed by atoms with Gasteiger partial charge in [-0.15, -0.1) is 0 Å². The summed E-state index contributed by atoms with van der Waals surface area (Å²) in [5.41, 5.74) is 3.32. The Morgan fingerprint density at radius 3 is 2.88 bits per heavy atom. The van der Waals surface area contributed by atoms with Crippen LogP contribution in [0.1, 0.15) is 68.9 Å². The molecule has 6 nitrogen and oxygen atoms in total. The average molecular weight is 356 g/mol. The third kappa shape index (κ3) is 3.39. The van der Waals surface area contributed by atoms with Gasteiger partial charge in [-0.2, -0.15) is 9.40 Å². The molecule has 1 aromatic rings. The molecule has 3 heterocycles. The molecule has 0 radical (unpaired) electrons. The van der Waals surface area contributed by atoms with Gasteiger partial charge in [0.2, 0.25) is 10.0 Å². The lowest BCUT2D eigenvalue weighted by molar-refractivity contribution is 0.107. The maximum absolute atomic E-state index is 12.7. The fraction of sp³-hybridized carbons (Fsp3) is 0.824. The number of sulfonamides is 1. The van der Waals surface area contributed by atoms with Crippen molar-refractivity contribution in [3.8, 4) is 0 Å². The van der Waals surface area contributed by atoms with Crippen molar-refractivity contribution in [2.75, 3.05) is 18.9 Å². The van der Waals surface area contributed by atoms with Crippen LogP contribution in [0.25, 0.3) is 0 Å². The first kappa shape index (κ1) is 17.9. The van der Waals surface area contributed by atoms with Gasteiger partial charge in [0.15, 0.2) is 0 Å². The molecule has 0 spiro atoms. The van der Waals surface area contributed by atoms with E-state index in [1.54, 1.807) is 4.31 Å². The number of hydrogen-bond acceptors (Lipinski definition) is 4. The second-order valence-corrected chi connectivity index (χ2v) is 8.82. The highest BCUT2D eigenvalue weighted by atomic mass is 32.2. The molecule has 0 aliphatic carbocycles. The van der Waals surface area contributed by atoms with Gasteiger partial charge >= 0.3 is 0 Å². The molecule has 2 aliphatic rings. The monoisotopic (exact) mass is 355 g/mol. The van der Waals surface area contributed by atoms with Gasteiger partial charge in [0.25, 0.3) is 0 Å². The number of nitrogens with zero attached hydrogens (tertiary/aromatic N) is 3. The van der Waals surface area contributed by atoms with Gasteiger partial charge in [-0.3, -0.25) is 4.68 Å². The molecular formula is C17H29N3O3S. The van der Waals surface area contributed by atoms with Crippen LogP contribution in [-0.2, 0) is 34.3 Å². The van der Waals surface area contributed by atoms with Gasteiger partial charge in [-0.05, 0) is 25.7 Å². The molecule has 1 saturated heterocycles. The topological polar surface area (TPSA) is 64.4 Å². The van der Waals surface area contributed by atoms with Crippen molar-refractivity contribution < 1.29 is 13.2 Å². The highest BCUT2D eigenvalue weighted by Gasteiger charge is 2.38. The zero-order valence-corrected chi connectivity index (χ0v) is 15.6.